The molecule has 0 aliphatic carbocycles. The first kappa shape index (κ1) is 12.0. The lowest BCUT2D eigenvalue weighted by Crippen LogP contribution is -2.02. The van der Waals surface area contributed by atoms with E-state index in [1.165, 1.54) is 0 Å². The molecule has 1 rings (SSSR count). The summed E-state index contributed by atoms with van der Waals surface area (Å²) in [6.07, 6.45) is 0. The molecule has 4 heteroatoms. The number of rotatable bonds is 4. The van der Waals surface area contributed by atoms with E-state index in [0.717, 1.165) is 28.3 Å². The molecule has 0 saturated heterocycles. The molecule has 0 atom stereocenters. The van der Waals surface area contributed by atoms with Crippen molar-refractivity contribution in [3.8, 4) is 11.5 Å². The summed E-state index contributed by atoms with van der Waals surface area (Å²) < 4.78 is 10.6. The van der Waals surface area contributed by atoms with Gasteiger partial charge in [-0.05, 0) is 25.0 Å². The van der Waals surface area contributed by atoms with Crippen LogP contribution >= 0.6 is 12.6 Å². The highest BCUT2D eigenvalue weighted by atomic mass is 32.1. The van der Waals surface area contributed by atoms with Gasteiger partial charge in [-0.3, -0.25) is 0 Å². The molecule has 0 aliphatic heterocycles. The van der Waals surface area contributed by atoms with E-state index < -0.39 is 0 Å². The summed E-state index contributed by atoms with van der Waals surface area (Å²) in [5, 5.41) is 3.13. The number of hydrogen-bond acceptors (Lipinski definition) is 4. The first-order valence-electron chi connectivity index (χ1n) is 4.72. The Bertz CT molecular complexity index is 353. The number of hydrogen-bond donors (Lipinski definition) is 2. The maximum Gasteiger partial charge on any atom is 0.145 e. The van der Waals surface area contributed by atoms with E-state index in [1.54, 1.807) is 14.2 Å². The molecule has 0 spiro atoms. The predicted molar refractivity (Wildman–Crippen MR) is 66.5 cm³/mol. The smallest absolute Gasteiger partial charge is 0.145 e. The fourth-order valence-corrected chi connectivity index (χ4v) is 1.72. The van der Waals surface area contributed by atoms with E-state index in [4.69, 9.17) is 9.47 Å². The normalized spacial score (nSPS) is 9.93. The Balaban J connectivity index is 3.30. The van der Waals surface area contributed by atoms with Crippen LogP contribution in [0.25, 0.3) is 0 Å². The van der Waals surface area contributed by atoms with Crippen molar-refractivity contribution < 1.29 is 9.47 Å². The van der Waals surface area contributed by atoms with Gasteiger partial charge in [0.25, 0.3) is 0 Å². The second-order valence-electron chi connectivity index (χ2n) is 3.24. The van der Waals surface area contributed by atoms with Gasteiger partial charge in [-0.25, -0.2) is 0 Å². The lowest BCUT2D eigenvalue weighted by Gasteiger charge is -2.17. The van der Waals surface area contributed by atoms with Gasteiger partial charge in [0, 0.05) is 6.07 Å². The van der Waals surface area contributed by atoms with Gasteiger partial charge in [-0.1, -0.05) is 0 Å². The maximum absolute atomic E-state index is 5.36. The monoisotopic (exact) mass is 227 g/mol. The Morgan fingerprint density at radius 3 is 2.33 bits per heavy atom. The molecule has 15 heavy (non-hydrogen) atoms. The van der Waals surface area contributed by atoms with Crippen molar-refractivity contribution in [1.29, 1.82) is 0 Å². The van der Waals surface area contributed by atoms with E-state index in [-0.39, 0.29) is 0 Å². The van der Waals surface area contributed by atoms with Gasteiger partial charge in [-0.2, -0.15) is 12.6 Å². The van der Waals surface area contributed by atoms with Crippen molar-refractivity contribution in [2.24, 2.45) is 0 Å². The summed E-state index contributed by atoms with van der Waals surface area (Å²) in [6, 6.07) is 1.93. The largest absolute Gasteiger partial charge is 0.496 e. The first-order chi connectivity index (χ1) is 7.15. The second-order valence-corrected chi connectivity index (χ2v) is 3.56. The average molecular weight is 227 g/mol. The minimum atomic E-state index is 0.558. The van der Waals surface area contributed by atoms with Gasteiger partial charge in [0.05, 0.1) is 25.8 Å². The second kappa shape index (κ2) is 5.16. The van der Waals surface area contributed by atoms with Crippen LogP contribution in [0.15, 0.2) is 6.07 Å². The third kappa shape index (κ3) is 2.31. The Hall–Kier alpha value is -1.03. The fourth-order valence-electron chi connectivity index (χ4n) is 1.55. The van der Waals surface area contributed by atoms with Gasteiger partial charge < -0.3 is 14.8 Å². The molecule has 1 aromatic carbocycles. The topological polar surface area (TPSA) is 30.5 Å². The van der Waals surface area contributed by atoms with Gasteiger partial charge >= 0.3 is 0 Å². The van der Waals surface area contributed by atoms with Crippen LogP contribution in [0.4, 0.5) is 5.69 Å². The van der Waals surface area contributed by atoms with Gasteiger partial charge in [0.15, 0.2) is 0 Å². The summed E-state index contributed by atoms with van der Waals surface area (Å²) in [4.78, 5) is 0. The predicted octanol–water partition coefficient (Wildman–Crippen LogP) is 2.62. The molecule has 0 amide bonds. The Labute approximate surface area is 96.2 Å². The summed E-state index contributed by atoms with van der Waals surface area (Å²) in [6.45, 7) is 4.03. The molecule has 3 nitrogen and oxygen atoms in total. The van der Waals surface area contributed by atoms with Gasteiger partial charge in [0.2, 0.25) is 0 Å². The van der Waals surface area contributed by atoms with Crippen LogP contribution in [0.2, 0.25) is 0 Å². The highest BCUT2D eigenvalue weighted by molar-refractivity contribution is 7.80. The number of thiol groups is 1. The molecular formula is C11H17NO2S. The molecule has 1 aromatic rings. The summed E-state index contributed by atoms with van der Waals surface area (Å²) in [5.41, 5.74) is 3.09. The molecule has 0 aromatic heterocycles. The van der Waals surface area contributed by atoms with Crippen LogP contribution in [0.3, 0.4) is 0 Å². The van der Waals surface area contributed by atoms with Crippen LogP contribution < -0.4 is 14.8 Å². The molecule has 0 bridgehead atoms. The third-order valence-corrected chi connectivity index (χ3v) is 2.64. The standard InChI is InChI=1S/C11H17NO2S/c1-7-8(2)11(14-4)9(12-6-15)5-10(7)13-3/h5,12,15H,6H2,1-4H3. The van der Waals surface area contributed by atoms with Crippen LogP contribution in [0.1, 0.15) is 11.1 Å². The summed E-state index contributed by atoms with van der Waals surface area (Å²) >= 11 is 4.13. The Morgan fingerprint density at radius 1 is 1.20 bits per heavy atom. The number of methoxy groups -OCH3 is 2. The lowest BCUT2D eigenvalue weighted by molar-refractivity contribution is 0.399. The zero-order valence-electron chi connectivity index (χ0n) is 9.55. The zero-order chi connectivity index (χ0) is 11.4. The minimum absolute atomic E-state index is 0.558. The number of anilines is 1. The summed E-state index contributed by atoms with van der Waals surface area (Å²) in [5.74, 6) is 2.27. The molecule has 0 aliphatic rings. The number of ether oxygens (including phenoxy) is 2. The van der Waals surface area contributed by atoms with Crippen LogP contribution in [-0.4, -0.2) is 20.1 Å². The highest BCUT2D eigenvalue weighted by Gasteiger charge is 2.12. The van der Waals surface area contributed by atoms with Crippen molar-refractivity contribution in [1.82, 2.24) is 0 Å². The van der Waals surface area contributed by atoms with Gasteiger partial charge in [0.1, 0.15) is 11.5 Å². The Morgan fingerprint density at radius 2 is 1.87 bits per heavy atom. The van der Waals surface area contributed by atoms with E-state index >= 15 is 0 Å². The highest BCUT2D eigenvalue weighted by Crippen LogP contribution is 2.36. The molecule has 0 unspecified atom stereocenters. The SMILES string of the molecule is COc1cc(NCS)c(OC)c(C)c1C. The van der Waals surface area contributed by atoms with Crippen molar-refractivity contribution >= 4 is 18.3 Å². The molecule has 0 saturated carbocycles. The van der Waals surface area contributed by atoms with Gasteiger partial charge in [-0.15, -0.1) is 0 Å². The van der Waals surface area contributed by atoms with E-state index in [2.05, 4.69) is 17.9 Å². The zero-order valence-corrected chi connectivity index (χ0v) is 10.4. The first-order valence-corrected chi connectivity index (χ1v) is 5.35. The van der Waals surface area contributed by atoms with E-state index in [0.29, 0.717) is 5.88 Å². The molecular weight excluding hydrogens is 210 g/mol. The van der Waals surface area contributed by atoms with Crippen molar-refractivity contribution in [2.45, 2.75) is 13.8 Å². The van der Waals surface area contributed by atoms with Crippen LogP contribution in [-0.2, 0) is 0 Å². The number of benzene rings is 1. The number of nitrogens with one attached hydrogen (secondary N) is 1. The average Bonchev–Trinajstić information content (AvgIpc) is 2.24. The van der Waals surface area contributed by atoms with Crippen molar-refractivity contribution in [3.05, 3.63) is 17.2 Å². The molecule has 0 heterocycles. The molecule has 84 valence electrons. The summed E-state index contributed by atoms with van der Waals surface area (Å²) in [7, 11) is 3.33. The molecule has 0 fully saturated rings. The quantitative estimate of drug-likeness (QED) is 0.612. The van der Waals surface area contributed by atoms with Crippen LogP contribution in [0, 0.1) is 13.8 Å². The van der Waals surface area contributed by atoms with Crippen LogP contribution in [0.5, 0.6) is 11.5 Å². The molecule has 1 N–H and O–H groups in total. The van der Waals surface area contributed by atoms with E-state index in [9.17, 15) is 0 Å². The lowest BCUT2D eigenvalue weighted by atomic mass is 10.1. The fraction of sp³-hybridized carbons (Fsp3) is 0.455. The molecule has 0 radical (unpaired) electrons. The van der Waals surface area contributed by atoms with Crippen molar-refractivity contribution in [2.75, 3.05) is 25.4 Å². The van der Waals surface area contributed by atoms with E-state index in [1.807, 2.05) is 19.9 Å². The minimum Gasteiger partial charge on any atom is -0.496 e. The Kier molecular flexibility index (Phi) is 4.15. The maximum atomic E-state index is 5.36. The third-order valence-electron chi connectivity index (χ3n) is 2.49. The van der Waals surface area contributed by atoms with Crippen molar-refractivity contribution in [3.63, 3.8) is 0 Å².